The van der Waals surface area contributed by atoms with Gasteiger partial charge in [0.25, 0.3) is 5.91 Å². The number of likely N-dealkylation sites (tertiary alicyclic amines) is 1. The number of amides is 1. The fraction of sp³-hybridized carbons (Fsp3) is 0.611. The molecule has 5 nitrogen and oxygen atoms in total. The summed E-state index contributed by atoms with van der Waals surface area (Å²) < 4.78 is 32.8. The predicted molar refractivity (Wildman–Crippen MR) is 88.4 cm³/mol. The third kappa shape index (κ3) is 3.16. The molecule has 0 radical (unpaired) electrons. The molecule has 1 aromatic rings. The molecule has 1 spiro atoms. The van der Waals surface area contributed by atoms with Gasteiger partial charge in [0.1, 0.15) is 17.2 Å². The molecule has 136 valence electrons. The average Bonchev–Trinajstić information content (AvgIpc) is 2.99. The molecule has 0 aliphatic carbocycles. The first kappa shape index (κ1) is 16.9. The summed E-state index contributed by atoms with van der Waals surface area (Å²) in [7, 11) is 2.13. The molecule has 3 heterocycles. The lowest BCUT2D eigenvalue weighted by atomic mass is 9.88. The van der Waals surface area contributed by atoms with E-state index >= 15 is 0 Å². The van der Waals surface area contributed by atoms with Crippen molar-refractivity contribution < 1.29 is 18.3 Å². The molecule has 3 saturated heterocycles. The first-order valence-corrected chi connectivity index (χ1v) is 8.77. The van der Waals surface area contributed by atoms with Crippen LogP contribution in [0, 0.1) is 11.6 Å². The van der Waals surface area contributed by atoms with E-state index in [4.69, 9.17) is 4.74 Å². The number of hydrogen-bond donors (Lipinski definition) is 0. The number of likely N-dealkylation sites (N-methyl/N-ethyl adjacent to an activating group) is 1. The van der Waals surface area contributed by atoms with Crippen LogP contribution in [0.1, 0.15) is 16.8 Å². The lowest BCUT2D eigenvalue weighted by molar-refractivity contribution is -0.0952. The molecule has 0 saturated carbocycles. The first-order chi connectivity index (χ1) is 12.0. The van der Waals surface area contributed by atoms with Crippen LogP contribution in [0.5, 0.6) is 0 Å². The first-order valence-electron chi connectivity index (χ1n) is 8.77. The van der Waals surface area contributed by atoms with Crippen LogP contribution in [-0.4, -0.2) is 85.2 Å². The fourth-order valence-corrected chi connectivity index (χ4v) is 4.09. The van der Waals surface area contributed by atoms with Crippen molar-refractivity contribution >= 4 is 5.91 Å². The maximum Gasteiger partial charge on any atom is 0.257 e. The monoisotopic (exact) mass is 351 g/mol. The Labute approximate surface area is 146 Å². The third-order valence-corrected chi connectivity index (χ3v) is 5.65. The molecule has 25 heavy (non-hydrogen) atoms. The Kier molecular flexibility index (Phi) is 4.25. The molecular formula is C18H23F2N3O2. The van der Waals surface area contributed by atoms with Gasteiger partial charge in [-0.25, -0.2) is 8.78 Å². The number of halogens is 2. The van der Waals surface area contributed by atoms with Gasteiger partial charge in [0.05, 0.1) is 25.3 Å². The SMILES string of the molecule is CN1CCN(C2COC3(C2)CN(C(=O)c2ccc(F)cc2F)C3)CC1. The lowest BCUT2D eigenvalue weighted by Crippen LogP contribution is -2.63. The van der Waals surface area contributed by atoms with Crippen LogP contribution in [0.4, 0.5) is 8.78 Å². The summed E-state index contributed by atoms with van der Waals surface area (Å²) in [5.74, 6) is -1.88. The van der Waals surface area contributed by atoms with E-state index in [1.165, 1.54) is 6.07 Å². The molecule has 0 bridgehead atoms. The largest absolute Gasteiger partial charge is 0.370 e. The molecule has 7 heteroatoms. The highest BCUT2D eigenvalue weighted by molar-refractivity contribution is 5.95. The van der Waals surface area contributed by atoms with E-state index in [1.54, 1.807) is 4.90 Å². The molecule has 1 unspecified atom stereocenters. The van der Waals surface area contributed by atoms with Crippen LogP contribution in [0.15, 0.2) is 18.2 Å². The normalized spacial score (nSPS) is 26.8. The van der Waals surface area contributed by atoms with Gasteiger partial charge in [-0.15, -0.1) is 0 Å². The Bertz CT molecular complexity index is 670. The van der Waals surface area contributed by atoms with E-state index in [0.29, 0.717) is 25.7 Å². The molecule has 0 N–H and O–H groups in total. The van der Waals surface area contributed by atoms with Gasteiger partial charge in [0, 0.05) is 38.3 Å². The van der Waals surface area contributed by atoms with Crippen molar-refractivity contribution in [2.75, 3.05) is 52.9 Å². The smallest absolute Gasteiger partial charge is 0.257 e. The van der Waals surface area contributed by atoms with E-state index in [-0.39, 0.29) is 11.2 Å². The van der Waals surface area contributed by atoms with Crippen molar-refractivity contribution in [3.8, 4) is 0 Å². The zero-order chi connectivity index (χ0) is 17.6. The quantitative estimate of drug-likeness (QED) is 0.802. The van der Waals surface area contributed by atoms with E-state index in [1.807, 2.05) is 0 Å². The minimum atomic E-state index is -0.811. The Hall–Kier alpha value is -1.57. The van der Waals surface area contributed by atoms with Crippen LogP contribution in [-0.2, 0) is 4.74 Å². The van der Waals surface area contributed by atoms with E-state index in [0.717, 1.165) is 44.7 Å². The van der Waals surface area contributed by atoms with Gasteiger partial charge in [0.15, 0.2) is 0 Å². The lowest BCUT2D eigenvalue weighted by Gasteiger charge is -2.47. The highest BCUT2D eigenvalue weighted by atomic mass is 19.1. The third-order valence-electron chi connectivity index (χ3n) is 5.65. The number of carbonyl (C=O) groups is 1. The van der Waals surface area contributed by atoms with Crippen molar-refractivity contribution in [1.82, 2.24) is 14.7 Å². The molecule has 3 aliphatic rings. The van der Waals surface area contributed by atoms with Gasteiger partial charge in [-0.2, -0.15) is 0 Å². The van der Waals surface area contributed by atoms with Crippen molar-refractivity contribution in [3.63, 3.8) is 0 Å². The molecule has 4 rings (SSSR count). The molecule has 3 aliphatic heterocycles. The second-order valence-corrected chi connectivity index (χ2v) is 7.48. The Morgan fingerprint density at radius 2 is 1.92 bits per heavy atom. The van der Waals surface area contributed by atoms with Crippen molar-refractivity contribution in [2.45, 2.75) is 18.1 Å². The second kappa shape index (κ2) is 6.30. The Balaban J connectivity index is 1.35. The zero-order valence-corrected chi connectivity index (χ0v) is 14.4. The van der Waals surface area contributed by atoms with Crippen LogP contribution in [0.25, 0.3) is 0 Å². The van der Waals surface area contributed by atoms with Gasteiger partial charge in [-0.3, -0.25) is 9.69 Å². The van der Waals surface area contributed by atoms with Gasteiger partial charge < -0.3 is 14.5 Å². The highest BCUT2D eigenvalue weighted by Crippen LogP contribution is 2.38. The van der Waals surface area contributed by atoms with Gasteiger partial charge in [-0.1, -0.05) is 0 Å². The summed E-state index contributed by atoms with van der Waals surface area (Å²) in [5, 5.41) is 0. The summed E-state index contributed by atoms with van der Waals surface area (Å²) in [6.07, 6.45) is 0.909. The number of carbonyl (C=O) groups excluding carboxylic acids is 1. The molecule has 1 amide bonds. The van der Waals surface area contributed by atoms with Gasteiger partial charge in [-0.05, 0) is 25.6 Å². The summed E-state index contributed by atoms with van der Waals surface area (Å²) in [4.78, 5) is 18.8. The van der Waals surface area contributed by atoms with E-state index in [2.05, 4.69) is 16.8 Å². The topological polar surface area (TPSA) is 36.0 Å². The number of piperazine rings is 1. The molecule has 1 atom stereocenters. The molecule has 3 fully saturated rings. The Morgan fingerprint density at radius 3 is 2.60 bits per heavy atom. The van der Waals surface area contributed by atoms with Crippen molar-refractivity contribution in [2.24, 2.45) is 0 Å². The zero-order valence-electron chi connectivity index (χ0n) is 14.4. The summed E-state index contributed by atoms with van der Waals surface area (Å²) in [5.41, 5.74) is -0.370. The van der Waals surface area contributed by atoms with E-state index in [9.17, 15) is 13.6 Å². The number of rotatable bonds is 2. The van der Waals surface area contributed by atoms with Crippen LogP contribution < -0.4 is 0 Å². The van der Waals surface area contributed by atoms with Crippen molar-refractivity contribution in [1.29, 1.82) is 0 Å². The summed E-state index contributed by atoms with van der Waals surface area (Å²) in [6, 6.07) is 3.47. The molecule has 0 aromatic heterocycles. The van der Waals surface area contributed by atoms with Crippen molar-refractivity contribution in [3.05, 3.63) is 35.4 Å². The average molecular weight is 351 g/mol. The van der Waals surface area contributed by atoms with Gasteiger partial charge >= 0.3 is 0 Å². The minimum Gasteiger partial charge on any atom is -0.370 e. The maximum atomic E-state index is 13.8. The predicted octanol–water partition coefficient (Wildman–Crippen LogP) is 1.20. The summed E-state index contributed by atoms with van der Waals surface area (Å²) >= 11 is 0. The number of hydrogen-bond acceptors (Lipinski definition) is 4. The van der Waals surface area contributed by atoms with E-state index < -0.39 is 17.5 Å². The number of benzene rings is 1. The fourth-order valence-electron chi connectivity index (χ4n) is 4.09. The number of nitrogens with zero attached hydrogens (tertiary/aromatic N) is 3. The van der Waals surface area contributed by atoms with Gasteiger partial charge in [0.2, 0.25) is 0 Å². The maximum absolute atomic E-state index is 13.8. The molecule has 1 aromatic carbocycles. The molecular weight excluding hydrogens is 328 g/mol. The standard InChI is InChI=1S/C18H23F2N3O2/c1-21-4-6-22(7-5-21)14-9-18(25-10-14)11-23(12-18)17(24)15-3-2-13(19)8-16(15)20/h2-3,8,14H,4-7,9-12H2,1H3. The minimum absolute atomic E-state index is 0.0788. The second-order valence-electron chi connectivity index (χ2n) is 7.48. The van der Waals surface area contributed by atoms with Crippen LogP contribution in [0.3, 0.4) is 0 Å². The van der Waals surface area contributed by atoms with Crippen LogP contribution >= 0.6 is 0 Å². The highest BCUT2D eigenvalue weighted by Gasteiger charge is 2.52. The number of ether oxygens (including phenoxy) is 1. The van der Waals surface area contributed by atoms with Crippen LogP contribution in [0.2, 0.25) is 0 Å². The summed E-state index contributed by atoms with van der Waals surface area (Å²) in [6.45, 7) is 5.88. The Morgan fingerprint density at radius 1 is 1.20 bits per heavy atom.